The molecule has 0 fully saturated rings. The van der Waals surface area contributed by atoms with Gasteiger partial charge in [-0.15, -0.1) is 0 Å². The van der Waals surface area contributed by atoms with Crippen LogP contribution in [0.1, 0.15) is 61.1 Å². The van der Waals surface area contributed by atoms with Crippen LogP contribution in [-0.4, -0.2) is 36.0 Å². The van der Waals surface area contributed by atoms with Crippen LogP contribution in [0.25, 0.3) is 0 Å². The van der Waals surface area contributed by atoms with Gasteiger partial charge >= 0.3 is 0 Å². The topological polar surface area (TPSA) is 75.7 Å². The van der Waals surface area contributed by atoms with Crippen molar-refractivity contribution < 1.29 is 19.1 Å². The zero-order valence-electron chi connectivity index (χ0n) is 21.1. The third kappa shape index (κ3) is 4.48. The molecule has 2 aromatic carbocycles. The minimum absolute atomic E-state index is 0.109. The summed E-state index contributed by atoms with van der Waals surface area (Å²) in [6, 6.07) is 13.4. The van der Waals surface area contributed by atoms with E-state index in [1.54, 1.807) is 0 Å². The Bertz CT molecular complexity index is 1260. The highest BCUT2D eigenvalue weighted by Crippen LogP contribution is 2.48. The Labute approximate surface area is 212 Å². The third-order valence-electron chi connectivity index (χ3n) is 7.50. The fraction of sp³-hybridized carbons (Fsp3) is 0.367. The number of hydrogen-bond donors (Lipinski definition) is 1. The van der Waals surface area contributed by atoms with Crippen molar-refractivity contribution in [3.05, 3.63) is 81.7 Å². The van der Waals surface area contributed by atoms with Gasteiger partial charge in [-0.2, -0.15) is 0 Å². The van der Waals surface area contributed by atoms with Crippen LogP contribution in [0.15, 0.2) is 65.0 Å². The molecule has 36 heavy (non-hydrogen) atoms. The first-order valence-corrected chi connectivity index (χ1v) is 12.7. The molecule has 1 amide bonds. The Hall–Kier alpha value is -3.67. The van der Waals surface area contributed by atoms with Crippen molar-refractivity contribution in [1.29, 1.82) is 0 Å². The van der Waals surface area contributed by atoms with Gasteiger partial charge in [0.1, 0.15) is 5.75 Å². The van der Waals surface area contributed by atoms with Crippen LogP contribution in [0.2, 0.25) is 0 Å². The average Bonchev–Trinajstić information content (AvgIpc) is 2.87. The molecule has 2 aliphatic carbocycles. The lowest BCUT2D eigenvalue weighted by Gasteiger charge is -2.42. The zero-order chi connectivity index (χ0) is 25.4. The second kappa shape index (κ2) is 9.76. The SMILES string of the molecule is Cc1ccc(C)c(NC(=O)COc2ccc(C3C4=C(CCCC4=O)N(C)C4=C3C(=O)CCC4)cc2)c1. The second-order valence-electron chi connectivity index (χ2n) is 9.99. The third-order valence-corrected chi connectivity index (χ3v) is 7.50. The monoisotopic (exact) mass is 484 g/mol. The van der Waals surface area contributed by atoms with E-state index in [2.05, 4.69) is 10.2 Å². The molecule has 5 rings (SSSR count). The van der Waals surface area contributed by atoms with Gasteiger partial charge in [0.05, 0.1) is 0 Å². The first kappa shape index (κ1) is 24.0. The van der Waals surface area contributed by atoms with Crippen LogP contribution in [-0.2, 0) is 14.4 Å². The van der Waals surface area contributed by atoms with Gasteiger partial charge in [-0.3, -0.25) is 14.4 Å². The van der Waals surface area contributed by atoms with E-state index in [9.17, 15) is 14.4 Å². The quantitative estimate of drug-likeness (QED) is 0.618. The summed E-state index contributed by atoms with van der Waals surface area (Å²) in [6.45, 7) is 3.83. The summed E-state index contributed by atoms with van der Waals surface area (Å²) in [4.78, 5) is 40.7. The highest BCUT2D eigenvalue weighted by atomic mass is 16.5. The van der Waals surface area contributed by atoms with Crippen molar-refractivity contribution in [1.82, 2.24) is 4.90 Å². The molecule has 1 N–H and O–H groups in total. The van der Waals surface area contributed by atoms with E-state index in [4.69, 9.17) is 4.74 Å². The summed E-state index contributed by atoms with van der Waals surface area (Å²) in [5.74, 6) is 0.292. The van der Waals surface area contributed by atoms with Crippen LogP contribution in [0.5, 0.6) is 5.75 Å². The van der Waals surface area contributed by atoms with Gasteiger partial charge in [0.25, 0.3) is 5.91 Å². The number of hydrogen-bond acceptors (Lipinski definition) is 5. The van der Waals surface area contributed by atoms with Gasteiger partial charge in [0.2, 0.25) is 0 Å². The maximum absolute atomic E-state index is 13.1. The summed E-state index contributed by atoms with van der Waals surface area (Å²) in [5, 5.41) is 2.90. The Kier molecular flexibility index (Phi) is 6.52. The van der Waals surface area contributed by atoms with Crippen molar-refractivity contribution in [3.63, 3.8) is 0 Å². The fourth-order valence-electron chi connectivity index (χ4n) is 5.65. The number of carbonyl (C=O) groups excluding carboxylic acids is 3. The highest BCUT2D eigenvalue weighted by molar-refractivity contribution is 6.06. The standard InChI is InChI=1S/C30H32N2O4/c1-18-10-11-19(2)22(16-18)31-27(35)17-36-21-14-12-20(13-15-21)28-29-23(6-4-8-25(29)33)32(3)24-7-5-9-26(34)30(24)28/h10-16,28H,4-9,17H2,1-3H3,(H,31,35). The molecule has 0 spiro atoms. The van der Waals surface area contributed by atoms with E-state index in [-0.39, 0.29) is 30.0 Å². The molecule has 6 nitrogen and oxygen atoms in total. The number of aryl methyl sites for hydroxylation is 2. The molecule has 0 saturated heterocycles. The molecule has 0 saturated carbocycles. The molecular formula is C30H32N2O4. The first-order valence-electron chi connectivity index (χ1n) is 12.7. The maximum Gasteiger partial charge on any atom is 0.262 e. The molecule has 0 bridgehead atoms. The number of benzene rings is 2. The number of anilines is 1. The Morgan fingerprint density at radius 2 is 1.53 bits per heavy atom. The van der Waals surface area contributed by atoms with Gasteiger partial charge in [0, 0.05) is 54.0 Å². The smallest absolute Gasteiger partial charge is 0.262 e. The van der Waals surface area contributed by atoms with Crippen molar-refractivity contribution in [3.8, 4) is 5.75 Å². The molecule has 186 valence electrons. The molecule has 2 aromatic rings. The lowest BCUT2D eigenvalue weighted by molar-refractivity contribution is -0.118. The van der Waals surface area contributed by atoms with Gasteiger partial charge in [-0.1, -0.05) is 24.3 Å². The van der Waals surface area contributed by atoms with Gasteiger partial charge in [-0.25, -0.2) is 0 Å². The molecule has 1 heterocycles. The molecule has 3 aliphatic rings. The number of amides is 1. The lowest BCUT2D eigenvalue weighted by Crippen LogP contribution is -2.37. The van der Waals surface area contributed by atoms with Crippen molar-refractivity contribution >= 4 is 23.2 Å². The number of nitrogens with one attached hydrogen (secondary N) is 1. The van der Waals surface area contributed by atoms with E-state index < -0.39 is 0 Å². The predicted molar refractivity (Wildman–Crippen MR) is 139 cm³/mol. The number of nitrogens with zero attached hydrogens (tertiary/aromatic N) is 1. The summed E-state index contributed by atoms with van der Waals surface area (Å²) in [5.41, 5.74) is 7.45. The van der Waals surface area contributed by atoms with Crippen LogP contribution < -0.4 is 10.1 Å². The highest BCUT2D eigenvalue weighted by Gasteiger charge is 2.42. The molecule has 0 radical (unpaired) electrons. The summed E-state index contributed by atoms with van der Waals surface area (Å²) >= 11 is 0. The molecule has 0 aromatic heterocycles. The van der Waals surface area contributed by atoms with Crippen LogP contribution >= 0.6 is 0 Å². The van der Waals surface area contributed by atoms with E-state index in [0.717, 1.165) is 70.6 Å². The number of allylic oxidation sites excluding steroid dienone is 4. The Morgan fingerprint density at radius 1 is 0.917 bits per heavy atom. The second-order valence-corrected chi connectivity index (χ2v) is 9.99. The van der Waals surface area contributed by atoms with E-state index >= 15 is 0 Å². The van der Waals surface area contributed by atoms with Gasteiger partial charge < -0.3 is 15.0 Å². The summed E-state index contributed by atoms with van der Waals surface area (Å²) in [6.07, 6.45) is 4.46. The number of rotatable bonds is 5. The number of ketones is 2. The molecule has 0 atom stereocenters. The minimum Gasteiger partial charge on any atom is -0.484 e. The van der Waals surface area contributed by atoms with E-state index in [1.165, 1.54) is 0 Å². The molecule has 6 heteroatoms. The normalized spacial score (nSPS) is 18.2. The molecule has 1 aliphatic heterocycles. The van der Waals surface area contributed by atoms with Crippen LogP contribution in [0.3, 0.4) is 0 Å². The fourth-order valence-corrected chi connectivity index (χ4v) is 5.65. The predicted octanol–water partition coefficient (Wildman–Crippen LogP) is 5.36. The lowest BCUT2D eigenvalue weighted by atomic mass is 9.71. The number of Topliss-reactive ketones (excluding diaryl/α,β-unsaturated/α-hetero) is 2. The number of carbonyl (C=O) groups is 3. The zero-order valence-corrected chi connectivity index (χ0v) is 21.1. The average molecular weight is 485 g/mol. The maximum atomic E-state index is 13.1. The van der Waals surface area contributed by atoms with Gasteiger partial charge in [-0.05, 0) is 74.4 Å². The van der Waals surface area contributed by atoms with Crippen molar-refractivity contribution in [2.24, 2.45) is 0 Å². The summed E-state index contributed by atoms with van der Waals surface area (Å²) in [7, 11) is 2.00. The first-order chi connectivity index (χ1) is 17.3. The largest absolute Gasteiger partial charge is 0.484 e. The van der Waals surface area contributed by atoms with Crippen molar-refractivity contribution in [2.45, 2.75) is 58.3 Å². The van der Waals surface area contributed by atoms with E-state index in [0.29, 0.717) is 18.6 Å². The van der Waals surface area contributed by atoms with Crippen LogP contribution in [0.4, 0.5) is 5.69 Å². The summed E-state index contributed by atoms with van der Waals surface area (Å²) < 4.78 is 5.75. The van der Waals surface area contributed by atoms with Crippen molar-refractivity contribution in [2.75, 3.05) is 19.0 Å². The molecule has 0 unspecified atom stereocenters. The Balaban J connectivity index is 1.36. The van der Waals surface area contributed by atoms with Crippen LogP contribution in [0, 0.1) is 13.8 Å². The van der Waals surface area contributed by atoms with E-state index in [1.807, 2.05) is 63.4 Å². The number of ether oxygens (including phenoxy) is 1. The molecular weight excluding hydrogens is 452 g/mol. The van der Waals surface area contributed by atoms with Gasteiger partial charge in [0.15, 0.2) is 18.2 Å². The minimum atomic E-state index is -0.326. The Morgan fingerprint density at radius 3 is 2.14 bits per heavy atom.